The van der Waals surface area contributed by atoms with Crippen LogP contribution in [0.2, 0.25) is 0 Å². The molecule has 1 saturated heterocycles. The minimum absolute atomic E-state index is 0.0826. The third-order valence-corrected chi connectivity index (χ3v) is 3.72. The first-order valence-corrected chi connectivity index (χ1v) is 7.76. The summed E-state index contributed by atoms with van der Waals surface area (Å²) in [5, 5.41) is 3.21. The lowest BCUT2D eigenvalue weighted by Crippen LogP contribution is -2.42. The molecule has 1 N–H and O–H groups in total. The molecule has 0 bridgehead atoms. The van der Waals surface area contributed by atoms with Crippen molar-refractivity contribution in [3.05, 3.63) is 29.6 Å². The van der Waals surface area contributed by atoms with Crippen molar-refractivity contribution in [3.63, 3.8) is 0 Å². The largest absolute Gasteiger partial charge is 0.444 e. The van der Waals surface area contributed by atoms with Gasteiger partial charge in [0.1, 0.15) is 11.4 Å². The molecule has 122 valence electrons. The fraction of sp³-hybridized carbons (Fsp3) is 0.588. The van der Waals surface area contributed by atoms with Crippen molar-refractivity contribution in [2.45, 2.75) is 52.2 Å². The fourth-order valence-electron chi connectivity index (χ4n) is 2.55. The number of nitrogens with zero attached hydrogens (tertiary/aromatic N) is 1. The molecule has 0 spiro atoms. The molecule has 22 heavy (non-hydrogen) atoms. The van der Waals surface area contributed by atoms with Gasteiger partial charge in [-0.25, -0.2) is 9.18 Å². The Morgan fingerprint density at radius 1 is 1.45 bits per heavy atom. The first kappa shape index (κ1) is 16.6. The average molecular weight is 308 g/mol. The van der Waals surface area contributed by atoms with Gasteiger partial charge >= 0.3 is 6.09 Å². The molecule has 1 amide bonds. The Balaban J connectivity index is 1.93. The number of amides is 1. The second-order valence-corrected chi connectivity index (χ2v) is 6.81. The van der Waals surface area contributed by atoms with Crippen molar-refractivity contribution in [3.8, 4) is 0 Å². The smallest absolute Gasteiger partial charge is 0.410 e. The van der Waals surface area contributed by atoms with Gasteiger partial charge in [0.2, 0.25) is 0 Å². The molecule has 1 aromatic rings. The molecule has 4 nitrogen and oxygen atoms in total. The van der Waals surface area contributed by atoms with Crippen LogP contribution in [0.25, 0.3) is 0 Å². The van der Waals surface area contributed by atoms with Gasteiger partial charge in [-0.15, -0.1) is 0 Å². The molecule has 1 atom stereocenters. The van der Waals surface area contributed by atoms with Crippen LogP contribution in [0, 0.1) is 12.7 Å². The molecule has 0 aromatic heterocycles. The topological polar surface area (TPSA) is 41.6 Å². The van der Waals surface area contributed by atoms with Gasteiger partial charge in [-0.2, -0.15) is 0 Å². The number of carbonyl (C=O) groups excluding carboxylic acids is 1. The van der Waals surface area contributed by atoms with Crippen molar-refractivity contribution < 1.29 is 13.9 Å². The van der Waals surface area contributed by atoms with Crippen molar-refractivity contribution >= 4 is 11.8 Å². The summed E-state index contributed by atoms with van der Waals surface area (Å²) < 4.78 is 19.0. The lowest BCUT2D eigenvalue weighted by atomic mass is 10.2. The van der Waals surface area contributed by atoms with E-state index in [2.05, 4.69) is 5.32 Å². The van der Waals surface area contributed by atoms with Gasteiger partial charge in [0, 0.05) is 18.8 Å². The fourth-order valence-corrected chi connectivity index (χ4v) is 2.55. The molecule has 1 aliphatic heterocycles. The minimum Gasteiger partial charge on any atom is -0.444 e. The standard InChI is InChI=1S/C17H25FN2O2/c1-12-7-8-13(10-15(12)18)19-11-14-6-5-9-20(14)16(21)22-17(2,3)4/h7-8,10,14,19H,5-6,9,11H2,1-4H3. The van der Waals surface area contributed by atoms with E-state index in [4.69, 9.17) is 4.74 Å². The van der Waals surface area contributed by atoms with Crippen LogP contribution in [-0.4, -0.2) is 35.7 Å². The maximum absolute atomic E-state index is 13.5. The second-order valence-electron chi connectivity index (χ2n) is 6.81. The van der Waals surface area contributed by atoms with Crippen LogP contribution < -0.4 is 5.32 Å². The maximum atomic E-state index is 13.5. The summed E-state index contributed by atoms with van der Waals surface area (Å²) in [6.45, 7) is 8.64. The number of halogens is 1. The molecule has 1 aliphatic rings. The highest BCUT2D eigenvalue weighted by molar-refractivity contribution is 5.69. The third-order valence-electron chi connectivity index (χ3n) is 3.72. The van der Waals surface area contributed by atoms with Gasteiger partial charge < -0.3 is 15.0 Å². The third kappa shape index (κ3) is 4.36. The zero-order chi connectivity index (χ0) is 16.3. The van der Waals surface area contributed by atoms with E-state index < -0.39 is 5.60 Å². The summed E-state index contributed by atoms with van der Waals surface area (Å²) in [6.07, 6.45) is 1.63. The summed E-state index contributed by atoms with van der Waals surface area (Å²) in [7, 11) is 0. The number of hydrogen-bond acceptors (Lipinski definition) is 3. The SMILES string of the molecule is Cc1ccc(NCC2CCCN2C(=O)OC(C)(C)C)cc1F. The van der Waals surface area contributed by atoms with Crippen molar-refractivity contribution in [1.29, 1.82) is 0 Å². The Morgan fingerprint density at radius 3 is 2.82 bits per heavy atom. The molecular formula is C17H25FN2O2. The van der Waals surface area contributed by atoms with E-state index in [0.29, 0.717) is 18.7 Å². The molecule has 0 radical (unpaired) electrons. The first-order valence-electron chi connectivity index (χ1n) is 7.76. The molecule has 1 aromatic carbocycles. The summed E-state index contributed by atoms with van der Waals surface area (Å²) in [6, 6.07) is 5.17. The van der Waals surface area contributed by atoms with Crippen molar-refractivity contribution in [2.75, 3.05) is 18.4 Å². The molecule has 0 aliphatic carbocycles. The van der Waals surface area contributed by atoms with Crippen LogP contribution in [0.3, 0.4) is 0 Å². The Morgan fingerprint density at radius 2 is 2.18 bits per heavy atom. The van der Waals surface area contributed by atoms with Crippen LogP contribution in [0.4, 0.5) is 14.9 Å². The van der Waals surface area contributed by atoms with Crippen LogP contribution >= 0.6 is 0 Å². The van der Waals surface area contributed by atoms with Gasteiger partial charge in [0.25, 0.3) is 0 Å². The zero-order valence-corrected chi connectivity index (χ0v) is 13.8. The molecule has 2 rings (SSSR count). The number of likely N-dealkylation sites (tertiary alicyclic amines) is 1. The summed E-state index contributed by atoms with van der Waals surface area (Å²) >= 11 is 0. The van der Waals surface area contributed by atoms with Gasteiger partial charge in [-0.3, -0.25) is 0 Å². The Kier molecular flexibility index (Phi) is 4.94. The minimum atomic E-state index is -0.488. The highest BCUT2D eigenvalue weighted by atomic mass is 19.1. The monoisotopic (exact) mass is 308 g/mol. The molecular weight excluding hydrogens is 283 g/mol. The number of hydrogen-bond donors (Lipinski definition) is 1. The van der Waals surface area contributed by atoms with E-state index >= 15 is 0 Å². The number of nitrogens with one attached hydrogen (secondary N) is 1. The normalized spacial score (nSPS) is 18.4. The maximum Gasteiger partial charge on any atom is 0.410 e. The highest BCUT2D eigenvalue weighted by Crippen LogP contribution is 2.22. The lowest BCUT2D eigenvalue weighted by Gasteiger charge is -2.29. The van der Waals surface area contributed by atoms with E-state index in [1.54, 1.807) is 17.9 Å². The number of ether oxygens (including phenoxy) is 1. The predicted molar refractivity (Wildman–Crippen MR) is 85.6 cm³/mol. The predicted octanol–water partition coefficient (Wildman–Crippen LogP) is 3.95. The van der Waals surface area contributed by atoms with Gasteiger partial charge in [-0.05, 0) is 58.2 Å². The number of benzene rings is 1. The van der Waals surface area contributed by atoms with E-state index in [0.717, 1.165) is 18.5 Å². The molecule has 1 heterocycles. The van der Waals surface area contributed by atoms with E-state index in [9.17, 15) is 9.18 Å². The van der Waals surface area contributed by atoms with Crippen LogP contribution in [-0.2, 0) is 4.74 Å². The van der Waals surface area contributed by atoms with Gasteiger partial charge in [-0.1, -0.05) is 6.07 Å². The molecule has 5 heteroatoms. The first-order chi connectivity index (χ1) is 10.3. The number of rotatable bonds is 3. The summed E-state index contributed by atoms with van der Waals surface area (Å²) in [4.78, 5) is 14.0. The van der Waals surface area contributed by atoms with Crippen molar-refractivity contribution in [1.82, 2.24) is 4.90 Å². The number of anilines is 1. The molecule has 0 saturated carbocycles. The second kappa shape index (κ2) is 6.55. The lowest BCUT2D eigenvalue weighted by molar-refractivity contribution is 0.0235. The van der Waals surface area contributed by atoms with Crippen molar-refractivity contribution in [2.24, 2.45) is 0 Å². The van der Waals surface area contributed by atoms with Crippen LogP contribution in [0.5, 0.6) is 0 Å². The van der Waals surface area contributed by atoms with Crippen LogP contribution in [0.15, 0.2) is 18.2 Å². The quantitative estimate of drug-likeness (QED) is 0.919. The summed E-state index contributed by atoms with van der Waals surface area (Å²) in [5.41, 5.74) is 0.874. The molecule has 1 fully saturated rings. The number of aryl methyl sites for hydroxylation is 1. The van der Waals surface area contributed by atoms with E-state index in [1.165, 1.54) is 6.07 Å². The zero-order valence-electron chi connectivity index (χ0n) is 13.8. The van der Waals surface area contributed by atoms with Gasteiger partial charge in [0.05, 0.1) is 6.04 Å². The molecule has 1 unspecified atom stereocenters. The summed E-state index contributed by atoms with van der Waals surface area (Å²) in [5.74, 6) is -0.222. The Labute approximate surface area is 131 Å². The van der Waals surface area contributed by atoms with Gasteiger partial charge in [0.15, 0.2) is 0 Å². The highest BCUT2D eigenvalue weighted by Gasteiger charge is 2.31. The van der Waals surface area contributed by atoms with E-state index in [1.807, 2.05) is 26.8 Å². The number of carbonyl (C=O) groups is 1. The van der Waals surface area contributed by atoms with Crippen LogP contribution in [0.1, 0.15) is 39.2 Å². The van der Waals surface area contributed by atoms with E-state index in [-0.39, 0.29) is 18.0 Å². The Bertz CT molecular complexity index is 540. The Hall–Kier alpha value is -1.78. The average Bonchev–Trinajstić information content (AvgIpc) is 2.87.